The summed E-state index contributed by atoms with van der Waals surface area (Å²) in [6.45, 7) is 9.98. The van der Waals surface area contributed by atoms with Gasteiger partial charge in [0.15, 0.2) is 0 Å². The second-order valence-corrected chi connectivity index (χ2v) is 8.19. The van der Waals surface area contributed by atoms with Gasteiger partial charge in [-0.1, -0.05) is 19.1 Å². The normalized spacial score (nSPS) is 21.3. The molecule has 2 heterocycles. The minimum Gasteiger partial charge on any atom is -0.399 e. The molecule has 2 aliphatic heterocycles. The van der Waals surface area contributed by atoms with Crippen LogP contribution in [0.4, 0.5) is 13.2 Å². The van der Waals surface area contributed by atoms with Crippen molar-refractivity contribution in [1.29, 1.82) is 0 Å². The summed E-state index contributed by atoms with van der Waals surface area (Å²) in [5, 5.41) is 0. The highest BCUT2D eigenvalue weighted by molar-refractivity contribution is 6.62. The summed E-state index contributed by atoms with van der Waals surface area (Å²) in [6.07, 6.45) is -3.73. The number of amides is 1. The third-order valence-electron chi connectivity index (χ3n) is 5.95. The number of nitrogens with zero attached hydrogens (tertiary/aromatic N) is 1. The molecule has 0 aromatic heterocycles. The molecule has 148 valence electrons. The number of carbonyl (C=O) groups is 1. The lowest BCUT2D eigenvalue weighted by molar-refractivity contribution is -0.186. The van der Waals surface area contributed by atoms with E-state index in [2.05, 4.69) is 0 Å². The molecule has 0 spiro atoms. The lowest BCUT2D eigenvalue weighted by Crippen LogP contribution is -2.45. The second-order valence-electron chi connectivity index (χ2n) is 8.19. The smallest absolute Gasteiger partial charge is 0.399 e. The van der Waals surface area contributed by atoms with Crippen molar-refractivity contribution in [3.8, 4) is 0 Å². The summed E-state index contributed by atoms with van der Waals surface area (Å²) in [5.74, 6) is -1.78. The molecule has 0 radical (unpaired) electrons. The second kappa shape index (κ2) is 6.52. The van der Waals surface area contributed by atoms with Gasteiger partial charge in [0.25, 0.3) is 0 Å². The number of fused-ring (bicyclic) bond motifs is 1. The van der Waals surface area contributed by atoms with Gasteiger partial charge >= 0.3 is 19.2 Å². The monoisotopic (exact) mass is 383 g/mol. The van der Waals surface area contributed by atoms with Crippen molar-refractivity contribution in [2.45, 2.75) is 71.4 Å². The third kappa shape index (κ3) is 3.49. The van der Waals surface area contributed by atoms with E-state index in [-0.39, 0.29) is 13.1 Å². The Balaban J connectivity index is 1.91. The number of hydrogen-bond acceptors (Lipinski definition) is 3. The zero-order chi connectivity index (χ0) is 20.2. The van der Waals surface area contributed by atoms with Crippen LogP contribution in [0.15, 0.2) is 12.1 Å². The van der Waals surface area contributed by atoms with Crippen molar-refractivity contribution in [1.82, 2.24) is 4.90 Å². The highest BCUT2D eigenvalue weighted by Crippen LogP contribution is 2.37. The number of benzene rings is 1. The van der Waals surface area contributed by atoms with E-state index in [1.807, 2.05) is 40.7 Å². The quantitative estimate of drug-likeness (QED) is 0.738. The fourth-order valence-electron chi connectivity index (χ4n) is 3.71. The minimum absolute atomic E-state index is 0.0235. The third-order valence-corrected chi connectivity index (χ3v) is 5.95. The highest BCUT2D eigenvalue weighted by Gasteiger charge is 2.52. The van der Waals surface area contributed by atoms with Crippen LogP contribution < -0.4 is 5.46 Å². The fraction of sp³-hybridized carbons (Fsp3) is 0.632. The van der Waals surface area contributed by atoms with Gasteiger partial charge < -0.3 is 14.2 Å². The number of hydrogen-bond donors (Lipinski definition) is 0. The largest absolute Gasteiger partial charge is 0.495 e. The Hall–Kier alpha value is -1.54. The molecule has 1 saturated heterocycles. The molecule has 0 saturated carbocycles. The summed E-state index contributed by atoms with van der Waals surface area (Å²) in [4.78, 5) is 12.4. The minimum atomic E-state index is -4.84. The lowest BCUT2D eigenvalue weighted by Gasteiger charge is -2.32. The summed E-state index contributed by atoms with van der Waals surface area (Å²) < 4.78 is 50.5. The lowest BCUT2D eigenvalue weighted by atomic mass is 9.72. The van der Waals surface area contributed by atoms with Crippen LogP contribution in [-0.2, 0) is 33.5 Å². The highest BCUT2D eigenvalue weighted by atomic mass is 19.4. The van der Waals surface area contributed by atoms with Gasteiger partial charge in [0.1, 0.15) is 0 Å². The van der Waals surface area contributed by atoms with Gasteiger partial charge in [-0.05, 0) is 62.7 Å². The first kappa shape index (κ1) is 20.2. The average Bonchev–Trinajstić information content (AvgIpc) is 2.79. The molecular formula is C19H25BF3NO3. The van der Waals surface area contributed by atoms with E-state index in [0.29, 0.717) is 6.42 Å². The molecule has 27 heavy (non-hydrogen) atoms. The Morgan fingerprint density at radius 3 is 2.30 bits per heavy atom. The average molecular weight is 383 g/mol. The van der Waals surface area contributed by atoms with Crippen LogP contribution in [-0.4, -0.2) is 41.8 Å². The Morgan fingerprint density at radius 1 is 1.19 bits per heavy atom. The molecule has 0 atom stereocenters. The molecule has 0 aliphatic carbocycles. The number of rotatable bonds is 2. The molecule has 3 rings (SSSR count). The van der Waals surface area contributed by atoms with Gasteiger partial charge in [-0.15, -0.1) is 0 Å². The first-order valence-corrected chi connectivity index (χ1v) is 9.22. The molecule has 1 fully saturated rings. The summed E-state index contributed by atoms with van der Waals surface area (Å²) in [6, 6.07) is 3.66. The predicted octanol–water partition coefficient (Wildman–Crippen LogP) is 3.00. The number of carbonyl (C=O) groups excluding carboxylic acids is 1. The number of alkyl halides is 3. The van der Waals surface area contributed by atoms with Crippen LogP contribution in [0.25, 0.3) is 0 Å². The van der Waals surface area contributed by atoms with Gasteiger partial charge in [-0.3, -0.25) is 4.79 Å². The van der Waals surface area contributed by atoms with Crippen molar-refractivity contribution in [3.63, 3.8) is 0 Å². The molecule has 0 unspecified atom stereocenters. The molecule has 0 N–H and O–H groups in total. The van der Waals surface area contributed by atoms with Crippen LogP contribution in [0.3, 0.4) is 0 Å². The maximum Gasteiger partial charge on any atom is 0.495 e. The Bertz CT molecular complexity index is 745. The Morgan fingerprint density at radius 2 is 1.78 bits per heavy atom. The Kier molecular flexibility index (Phi) is 4.88. The summed E-state index contributed by atoms with van der Waals surface area (Å²) in [5.41, 5.74) is 2.81. The van der Waals surface area contributed by atoms with E-state index in [0.717, 1.165) is 33.5 Å². The van der Waals surface area contributed by atoms with Crippen LogP contribution in [0, 0.1) is 0 Å². The molecule has 1 aromatic rings. The van der Waals surface area contributed by atoms with Gasteiger partial charge in [0, 0.05) is 13.1 Å². The Labute approximate surface area is 158 Å². The zero-order valence-corrected chi connectivity index (χ0v) is 16.4. The molecule has 8 heteroatoms. The van der Waals surface area contributed by atoms with E-state index in [9.17, 15) is 18.0 Å². The number of halogens is 3. The molecule has 0 bridgehead atoms. The predicted molar refractivity (Wildman–Crippen MR) is 96.7 cm³/mol. The van der Waals surface area contributed by atoms with E-state index in [4.69, 9.17) is 9.31 Å². The van der Waals surface area contributed by atoms with Gasteiger partial charge in [0.2, 0.25) is 0 Å². The molecule has 1 aromatic carbocycles. The van der Waals surface area contributed by atoms with Crippen LogP contribution in [0.5, 0.6) is 0 Å². The topological polar surface area (TPSA) is 38.8 Å². The SMILES string of the molecule is CCc1c(B2OC(C)(C)C(C)(C)O2)ccc2c1CCN(C(=O)C(F)(F)F)C2. The van der Waals surface area contributed by atoms with Crippen molar-refractivity contribution in [2.24, 2.45) is 0 Å². The van der Waals surface area contributed by atoms with Gasteiger partial charge in [0.05, 0.1) is 11.2 Å². The first-order valence-electron chi connectivity index (χ1n) is 9.22. The molecule has 4 nitrogen and oxygen atoms in total. The van der Waals surface area contributed by atoms with E-state index in [1.165, 1.54) is 0 Å². The van der Waals surface area contributed by atoms with Crippen LogP contribution in [0.2, 0.25) is 0 Å². The van der Waals surface area contributed by atoms with E-state index in [1.54, 1.807) is 6.07 Å². The van der Waals surface area contributed by atoms with Crippen molar-refractivity contribution >= 4 is 18.5 Å². The van der Waals surface area contributed by atoms with E-state index >= 15 is 0 Å². The van der Waals surface area contributed by atoms with Crippen molar-refractivity contribution < 1.29 is 27.3 Å². The maximum atomic E-state index is 12.7. The van der Waals surface area contributed by atoms with Gasteiger partial charge in [-0.25, -0.2) is 0 Å². The van der Waals surface area contributed by atoms with Crippen LogP contribution >= 0.6 is 0 Å². The van der Waals surface area contributed by atoms with Crippen molar-refractivity contribution in [3.05, 3.63) is 28.8 Å². The first-order chi connectivity index (χ1) is 12.4. The zero-order valence-electron chi connectivity index (χ0n) is 16.4. The summed E-state index contributed by atoms with van der Waals surface area (Å²) >= 11 is 0. The van der Waals surface area contributed by atoms with E-state index < -0.39 is 30.4 Å². The fourth-order valence-corrected chi connectivity index (χ4v) is 3.71. The molecular weight excluding hydrogens is 358 g/mol. The van der Waals surface area contributed by atoms with Crippen LogP contribution in [0.1, 0.15) is 51.3 Å². The molecule has 1 amide bonds. The van der Waals surface area contributed by atoms with Crippen molar-refractivity contribution in [2.75, 3.05) is 6.54 Å². The van der Waals surface area contributed by atoms with Gasteiger partial charge in [-0.2, -0.15) is 13.2 Å². The summed E-state index contributed by atoms with van der Waals surface area (Å²) in [7, 11) is -0.509. The molecule has 2 aliphatic rings. The maximum absolute atomic E-state index is 12.7. The standard InChI is InChI=1S/C19H25BF3NO3/c1-6-13-14-9-10-24(16(25)19(21,22)23)11-12(14)7-8-15(13)20-26-17(2,3)18(4,5)27-20/h7-8H,6,9-11H2,1-5H3.